The van der Waals surface area contributed by atoms with Gasteiger partial charge < -0.3 is 9.47 Å². The third-order valence-corrected chi connectivity index (χ3v) is 2.18. The number of esters is 1. The zero-order chi connectivity index (χ0) is 12.8. The van der Waals surface area contributed by atoms with Crippen LogP contribution in [0.5, 0.6) is 0 Å². The molecule has 0 saturated carbocycles. The van der Waals surface area contributed by atoms with Crippen molar-refractivity contribution >= 4 is 5.97 Å². The van der Waals surface area contributed by atoms with Crippen molar-refractivity contribution in [1.82, 2.24) is 9.97 Å². The van der Waals surface area contributed by atoms with Gasteiger partial charge in [0.1, 0.15) is 6.61 Å². The van der Waals surface area contributed by atoms with E-state index in [2.05, 4.69) is 9.97 Å². The smallest absolute Gasteiger partial charge is 0.341 e. The number of carbonyl (C=O) groups excluding carboxylic acids is 1. The average molecular weight is 238 g/mol. The van der Waals surface area contributed by atoms with Crippen LogP contribution in [0.15, 0.2) is 6.20 Å². The third kappa shape index (κ3) is 3.49. The maximum atomic E-state index is 11.7. The zero-order valence-corrected chi connectivity index (χ0v) is 10.7. The summed E-state index contributed by atoms with van der Waals surface area (Å²) in [6.07, 6.45) is 1.51. The minimum atomic E-state index is -0.375. The molecule has 0 radical (unpaired) electrons. The van der Waals surface area contributed by atoms with Gasteiger partial charge in [-0.3, -0.25) is 0 Å². The number of aromatic nitrogens is 2. The monoisotopic (exact) mass is 238 g/mol. The van der Waals surface area contributed by atoms with Crippen LogP contribution in [0, 0.1) is 0 Å². The fourth-order valence-corrected chi connectivity index (χ4v) is 1.44. The van der Waals surface area contributed by atoms with Crippen molar-refractivity contribution in [3.8, 4) is 0 Å². The molecule has 94 valence electrons. The summed E-state index contributed by atoms with van der Waals surface area (Å²) in [6, 6.07) is 0. The summed E-state index contributed by atoms with van der Waals surface area (Å²) in [5.74, 6) is 0.331. The van der Waals surface area contributed by atoms with Crippen molar-refractivity contribution in [2.24, 2.45) is 0 Å². The van der Waals surface area contributed by atoms with E-state index >= 15 is 0 Å². The molecule has 0 amide bonds. The Bertz CT molecular complexity index is 391. The van der Waals surface area contributed by atoms with Crippen LogP contribution in [0.4, 0.5) is 0 Å². The molecule has 0 spiro atoms. The van der Waals surface area contributed by atoms with E-state index in [1.165, 1.54) is 6.20 Å². The zero-order valence-electron chi connectivity index (χ0n) is 10.7. The Hall–Kier alpha value is -1.49. The standard InChI is InChI=1S/C12H18N2O3/c1-5-17-12(15)9-6-13-10(7-16-4)14-11(9)8(2)3/h6,8H,5,7H2,1-4H3. The number of rotatable bonds is 5. The summed E-state index contributed by atoms with van der Waals surface area (Å²) in [4.78, 5) is 20.1. The molecule has 0 bridgehead atoms. The van der Waals surface area contributed by atoms with Gasteiger partial charge in [-0.1, -0.05) is 13.8 Å². The van der Waals surface area contributed by atoms with Crippen LogP contribution >= 0.6 is 0 Å². The molecular weight excluding hydrogens is 220 g/mol. The number of hydrogen-bond acceptors (Lipinski definition) is 5. The van der Waals surface area contributed by atoms with Gasteiger partial charge in [0.15, 0.2) is 5.82 Å². The second-order valence-electron chi connectivity index (χ2n) is 3.89. The van der Waals surface area contributed by atoms with Crippen molar-refractivity contribution < 1.29 is 14.3 Å². The van der Waals surface area contributed by atoms with Crippen LogP contribution in [-0.2, 0) is 16.1 Å². The van der Waals surface area contributed by atoms with Crippen LogP contribution in [0.25, 0.3) is 0 Å². The van der Waals surface area contributed by atoms with Gasteiger partial charge >= 0.3 is 5.97 Å². The SMILES string of the molecule is CCOC(=O)c1cnc(COC)nc1C(C)C. The summed E-state index contributed by atoms with van der Waals surface area (Å²) in [5, 5.41) is 0. The summed E-state index contributed by atoms with van der Waals surface area (Å²) in [5.41, 5.74) is 1.13. The fraction of sp³-hybridized carbons (Fsp3) is 0.583. The normalized spacial score (nSPS) is 10.6. The first-order valence-corrected chi connectivity index (χ1v) is 5.62. The van der Waals surface area contributed by atoms with Crippen LogP contribution < -0.4 is 0 Å². The summed E-state index contributed by atoms with van der Waals surface area (Å²) < 4.78 is 9.94. The van der Waals surface area contributed by atoms with E-state index in [9.17, 15) is 4.79 Å². The first-order chi connectivity index (χ1) is 8.10. The predicted octanol–water partition coefficient (Wildman–Crippen LogP) is 1.92. The molecule has 1 heterocycles. The molecule has 1 aromatic heterocycles. The van der Waals surface area contributed by atoms with Gasteiger partial charge in [-0.05, 0) is 12.8 Å². The molecule has 5 nitrogen and oxygen atoms in total. The molecule has 0 atom stereocenters. The molecule has 0 aliphatic rings. The molecule has 0 saturated heterocycles. The Labute approximate surface area is 101 Å². The molecule has 0 N–H and O–H groups in total. The highest BCUT2D eigenvalue weighted by Crippen LogP contribution is 2.17. The molecule has 17 heavy (non-hydrogen) atoms. The second-order valence-corrected chi connectivity index (χ2v) is 3.89. The van der Waals surface area contributed by atoms with Gasteiger partial charge in [0.05, 0.1) is 17.9 Å². The topological polar surface area (TPSA) is 61.3 Å². The summed E-state index contributed by atoms with van der Waals surface area (Å²) in [6.45, 7) is 6.40. The molecule has 0 aromatic carbocycles. The highest BCUT2D eigenvalue weighted by atomic mass is 16.5. The minimum Gasteiger partial charge on any atom is -0.462 e. The molecule has 1 aromatic rings. The molecule has 0 aliphatic heterocycles. The number of ether oxygens (including phenoxy) is 2. The Morgan fingerprint density at radius 1 is 1.47 bits per heavy atom. The van der Waals surface area contributed by atoms with Gasteiger partial charge in [0.25, 0.3) is 0 Å². The van der Waals surface area contributed by atoms with Gasteiger partial charge in [-0.2, -0.15) is 0 Å². The van der Waals surface area contributed by atoms with Gasteiger partial charge in [-0.25, -0.2) is 14.8 Å². The Balaban J connectivity index is 3.08. The lowest BCUT2D eigenvalue weighted by molar-refractivity contribution is 0.0523. The van der Waals surface area contributed by atoms with Crippen LogP contribution in [0.1, 0.15) is 48.6 Å². The fourth-order valence-electron chi connectivity index (χ4n) is 1.44. The number of hydrogen-bond donors (Lipinski definition) is 0. The maximum absolute atomic E-state index is 11.7. The molecule has 0 fully saturated rings. The highest BCUT2D eigenvalue weighted by Gasteiger charge is 2.17. The minimum absolute atomic E-state index is 0.132. The Morgan fingerprint density at radius 2 is 2.18 bits per heavy atom. The van der Waals surface area contributed by atoms with Crippen molar-refractivity contribution in [3.05, 3.63) is 23.3 Å². The first-order valence-electron chi connectivity index (χ1n) is 5.62. The van der Waals surface area contributed by atoms with Crippen molar-refractivity contribution in [2.45, 2.75) is 33.3 Å². The predicted molar refractivity (Wildman–Crippen MR) is 62.8 cm³/mol. The maximum Gasteiger partial charge on any atom is 0.341 e. The van der Waals surface area contributed by atoms with Crippen LogP contribution in [0.2, 0.25) is 0 Å². The average Bonchev–Trinajstić information content (AvgIpc) is 2.29. The van der Waals surface area contributed by atoms with Crippen molar-refractivity contribution in [3.63, 3.8) is 0 Å². The second kappa shape index (κ2) is 6.30. The lowest BCUT2D eigenvalue weighted by Gasteiger charge is -2.11. The largest absolute Gasteiger partial charge is 0.462 e. The molecule has 1 rings (SSSR count). The highest BCUT2D eigenvalue weighted by molar-refractivity contribution is 5.90. The van der Waals surface area contributed by atoms with Crippen LogP contribution in [-0.4, -0.2) is 29.7 Å². The van der Waals surface area contributed by atoms with E-state index in [1.54, 1.807) is 14.0 Å². The van der Waals surface area contributed by atoms with Crippen molar-refractivity contribution in [2.75, 3.05) is 13.7 Å². The van der Waals surface area contributed by atoms with E-state index in [4.69, 9.17) is 9.47 Å². The number of carbonyl (C=O) groups is 1. The van der Waals surface area contributed by atoms with E-state index in [0.29, 0.717) is 30.3 Å². The van der Waals surface area contributed by atoms with E-state index < -0.39 is 0 Å². The Morgan fingerprint density at radius 3 is 2.71 bits per heavy atom. The number of methoxy groups -OCH3 is 1. The molecule has 0 aliphatic carbocycles. The molecular formula is C12H18N2O3. The quantitative estimate of drug-likeness (QED) is 0.733. The van der Waals surface area contributed by atoms with E-state index in [1.807, 2.05) is 13.8 Å². The molecule has 5 heteroatoms. The van der Waals surface area contributed by atoms with E-state index in [0.717, 1.165) is 0 Å². The van der Waals surface area contributed by atoms with Gasteiger partial charge in [0, 0.05) is 13.3 Å². The first kappa shape index (κ1) is 13.6. The molecule has 0 unspecified atom stereocenters. The van der Waals surface area contributed by atoms with Crippen LogP contribution in [0.3, 0.4) is 0 Å². The third-order valence-electron chi connectivity index (χ3n) is 2.18. The van der Waals surface area contributed by atoms with E-state index in [-0.39, 0.29) is 11.9 Å². The van der Waals surface area contributed by atoms with Gasteiger partial charge in [-0.15, -0.1) is 0 Å². The number of nitrogens with zero attached hydrogens (tertiary/aromatic N) is 2. The van der Waals surface area contributed by atoms with Gasteiger partial charge in [0.2, 0.25) is 0 Å². The lowest BCUT2D eigenvalue weighted by Crippen LogP contribution is -2.13. The van der Waals surface area contributed by atoms with Crippen molar-refractivity contribution in [1.29, 1.82) is 0 Å². The lowest BCUT2D eigenvalue weighted by atomic mass is 10.1. The summed E-state index contributed by atoms with van der Waals surface area (Å²) >= 11 is 0. The summed E-state index contributed by atoms with van der Waals surface area (Å²) in [7, 11) is 1.58. The Kier molecular flexibility index (Phi) is 5.03.